The van der Waals surface area contributed by atoms with Gasteiger partial charge in [-0.3, -0.25) is 4.72 Å². The Morgan fingerprint density at radius 1 is 0.870 bits per heavy atom. The van der Waals surface area contributed by atoms with Gasteiger partial charge in [-0.25, -0.2) is 8.42 Å². The molecular formula is C18H17NO3S. The molecule has 0 radical (unpaired) electrons. The lowest BCUT2D eigenvalue weighted by Gasteiger charge is -2.13. The fourth-order valence-corrected chi connectivity index (χ4v) is 3.76. The molecule has 3 rings (SSSR count). The fourth-order valence-electron chi connectivity index (χ4n) is 2.49. The van der Waals surface area contributed by atoms with Crippen LogP contribution in [0.3, 0.4) is 0 Å². The molecule has 4 nitrogen and oxygen atoms in total. The van der Waals surface area contributed by atoms with Gasteiger partial charge < -0.3 is 4.74 Å². The lowest BCUT2D eigenvalue weighted by Crippen LogP contribution is -2.13. The number of ether oxygens (including phenoxy) is 1. The van der Waals surface area contributed by atoms with E-state index in [0.29, 0.717) is 16.8 Å². The monoisotopic (exact) mass is 327 g/mol. The van der Waals surface area contributed by atoms with Crippen molar-refractivity contribution in [1.29, 1.82) is 0 Å². The molecule has 3 aromatic rings. The van der Waals surface area contributed by atoms with E-state index in [0.717, 1.165) is 10.9 Å². The number of hydrogen-bond acceptors (Lipinski definition) is 3. The van der Waals surface area contributed by atoms with Gasteiger partial charge in [-0.05, 0) is 31.2 Å². The third-order valence-corrected chi connectivity index (χ3v) is 5.10. The number of benzene rings is 3. The van der Waals surface area contributed by atoms with Gasteiger partial charge in [-0.1, -0.05) is 42.0 Å². The zero-order valence-corrected chi connectivity index (χ0v) is 13.7. The normalized spacial score (nSPS) is 11.4. The molecule has 0 heterocycles. The second-order valence-corrected chi connectivity index (χ2v) is 6.93. The van der Waals surface area contributed by atoms with E-state index in [-0.39, 0.29) is 4.90 Å². The number of nitrogens with one attached hydrogen (secondary N) is 1. The molecule has 0 bridgehead atoms. The minimum absolute atomic E-state index is 0.231. The summed E-state index contributed by atoms with van der Waals surface area (Å²) in [6.45, 7) is 1.95. The van der Waals surface area contributed by atoms with Crippen molar-refractivity contribution in [3.05, 3.63) is 66.2 Å². The number of sulfonamides is 1. The average Bonchev–Trinajstić information content (AvgIpc) is 2.55. The van der Waals surface area contributed by atoms with Gasteiger partial charge >= 0.3 is 0 Å². The standard InChI is InChI=1S/C18H17NO3S/c1-13-7-9-14(10-8-13)19-23(20,21)18-12-11-17(22-2)15-5-3-4-6-16(15)18/h3-12,19H,1-2H3. The van der Waals surface area contributed by atoms with Gasteiger partial charge in [-0.2, -0.15) is 0 Å². The SMILES string of the molecule is COc1ccc(S(=O)(=O)Nc2ccc(C)cc2)c2ccccc12. The lowest BCUT2D eigenvalue weighted by molar-refractivity contribution is 0.419. The summed E-state index contributed by atoms with van der Waals surface area (Å²) in [4.78, 5) is 0.231. The van der Waals surface area contributed by atoms with Crippen LogP contribution in [0.2, 0.25) is 0 Å². The van der Waals surface area contributed by atoms with E-state index in [2.05, 4.69) is 4.72 Å². The average molecular weight is 327 g/mol. The number of fused-ring (bicyclic) bond motifs is 1. The summed E-state index contributed by atoms with van der Waals surface area (Å²) < 4.78 is 33.4. The Bertz CT molecular complexity index is 948. The molecule has 0 unspecified atom stereocenters. The zero-order valence-electron chi connectivity index (χ0n) is 12.9. The number of aryl methyl sites for hydroxylation is 1. The summed E-state index contributed by atoms with van der Waals surface area (Å²) >= 11 is 0. The molecule has 0 saturated carbocycles. The van der Waals surface area contributed by atoms with E-state index in [1.165, 1.54) is 0 Å². The molecule has 23 heavy (non-hydrogen) atoms. The summed E-state index contributed by atoms with van der Waals surface area (Å²) in [5, 5.41) is 1.40. The Hall–Kier alpha value is -2.53. The Labute approximate surface area is 135 Å². The van der Waals surface area contributed by atoms with Gasteiger partial charge in [0, 0.05) is 16.5 Å². The van der Waals surface area contributed by atoms with E-state index < -0.39 is 10.0 Å². The van der Waals surface area contributed by atoms with Crippen LogP contribution in [-0.4, -0.2) is 15.5 Å². The topological polar surface area (TPSA) is 55.4 Å². The van der Waals surface area contributed by atoms with Gasteiger partial charge in [0.1, 0.15) is 5.75 Å². The summed E-state index contributed by atoms with van der Waals surface area (Å²) in [5.41, 5.74) is 1.61. The van der Waals surface area contributed by atoms with Crippen LogP contribution in [0.15, 0.2) is 65.6 Å². The highest BCUT2D eigenvalue weighted by Gasteiger charge is 2.19. The van der Waals surface area contributed by atoms with E-state index in [4.69, 9.17) is 4.74 Å². The summed E-state index contributed by atoms with van der Waals surface area (Å²) in [7, 11) is -2.11. The predicted molar refractivity (Wildman–Crippen MR) is 92.5 cm³/mol. The lowest BCUT2D eigenvalue weighted by atomic mass is 10.1. The molecule has 0 aliphatic carbocycles. The number of methoxy groups -OCH3 is 1. The highest BCUT2D eigenvalue weighted by atomic mass is 32.2. The maximum Gasteiger partial charge on any atom is 0.262 e. The van der Waals surface area contributed by atoms with Gasteiger partial charge in [0.15, 0.2) is 0 Å². The Kier molecular flexibility index (Phi) is 3.96. The summed E-state index contributed by atoms with van der Waals surface area (Å²) in [5.74, 6) is 0.648. The molecule has 0 fully saturated rings. The molecule has 5 heteroatoms. The smallest absolute Gasteiger partial charge is 0.262 e. The van der Waals surface area contributed by atoms with Crippen LogP contribution >= 0.6 is 0 Å². The van der Waals surface area contributed by atoms with Gasteiger partial charge in [0.2, 0.25) is 0 Å². The van der Waals surface area contributed by atoms with Crippen LogP contribution in [-0.2, 0) is 10.0 Å². The molecule has 118 valence electrons. The van der Waals surface area contributed by atoms with Crippen LogP contribution in [0.4, 0.5) is 5.69 Å². The Morgan fingerprint density at radius 3 is 2.17 bits per heavy atom. The first kappa shape index (κ1) is 15.4. The third-order valence-electron chi connectivity index (χ3n) is 3.66. The number of hydrogen-bond donors (Lipinski definition) is 1. The molecule has 0 aromatic heterocycles. The minimum atomic E-state index is -3.68. The highest BCUT2D eigenvalue weighted by Crippen LogP contribution is 2.31. The van der Waals surface area contributed by atoms with Crippen molar-refractivity contribution in [3.8, 4) is 5.75 Å². The Morgan fingerprint density at radius 2 is 1.52 bits per heavy atom. The zero-order chi connectivity index (χ0) is 16.4. The second kappa shape index (κ2) is 5.93. The molecule has 0 spiro atoms. The van der Waals surface area contributed by atoms with Crippen LogP contribution in [0.25, 0.3) is 10.8 Å². The van der Waals surface area contributed by atoms with Crippen molar-refractivity contribution < 1.29 is 13.2 Å². The quantitative estimate of drug-likeness (QED) is 0.789. The third kappa shape index (κ3) is 3.00. The van der Waals surface area contributed by atoms with Gasteiger partial charge in [0.25, 0.3) is 10.0 Å². The molecular weight excluding hydrogens is 310 g/mol. The van der Waals surface area contributed by atoms with Crippen molar-refractivity contribution in [2.75, 3.05) is 11.8 Å². The first-order chi connectivity index (χ1) is 11.0. The van der Waals surface area contributed by atoms with Crippen molar-refractivity contribution in [2.45, 2.75) is 11.8 Å². The minimum Gasteiger partial charge on any atom is -0.496 e. The van der Waals surface area contributed by atoms with Crippen LogP contribution < -0.4 is 9.46 Å². The van der Waals surface area contributed by atoms with Crippen LogP contribution in [0.1, 0.15) is 5.56 Å². The van der Waals surface area contributed by atoms with E-state index in [1.807, 2.05) is 37.3 Å². The van der Waals surface area contributed by atoms with Crippen molar-refractivity contribution in [1.82, 2.24) is 0 Å². The molecule has 0 atom stereocenters. The largest absolute Gasteiger partial charge is 0.496 e. The molecule has 0 aliphatic heterocycles. The first-order valence-electron chi connectivity index (χ1n) is 7.16. The maximum absolute atomic E-state index is 12.7. The fraction of sp³-hybridized carbons (Fsp3) is 0.111. The summed E-state index contributed by atoms with van der Waals surface area (Å²) in [6, 6.07) is 17.8. The predicted octanol–water partition coefficient (Wildman–Crippen LogP) is 3.96. The van der Waals surface area contributed by atoms with Crippen molar-refractivity contribution in [3.63, 3.8) is 0 Å². The number of rotatable bonds is 4. The number of anilines is 1. The van der Waals surface area contributed by atoms with E-state index in [1.54, 1.807) is 37.4 Å². The van der Waals surface area contributed by atoms with E-state index in [9.17, 15) is 8.42 Å². The van der Waals surface area contributed by atoms with Gasteiger partial charge in [0.05, 0.1) is 12.0 Å². The van der Waals surface area contributed by atoms with Crippen molar-refractivity contribution in [2.24, 2.45) is 0 Å². The van der Waals surface area contributed by atoms with Crippen molar-refractivity contribution >= 4 is 26.5 Å². The highest BCUT2D eigenvalue weighted by molar-refractivity contribution is 7.93. The molecule has 0 amide bonds. The van der Waals surface area contributed by atoms with Gasteiger partial charge in [-0.15, -0.1) is 0 Å². The summed E-state index contributed by atoms with van der Waals surface area (Å²) in [6.07, 6.45) is 0. The molecule has 0 saturated heterocycles. The van der Waals surface area contributed by atoms with Crippen LogP contribution in [0.5, 0.6) is 5.75 Å². The maximum atomic E-state index is 12.7. The van der Waals surface area contributed by atoms with E-state index >= 15 is 0 Å². The first-order valence-corrected chi connectivity index (χ1v) is 8.65. The molecule has 1 N–H and O–H groups in total. The van der Waals surface area contributed by atoms with Crippen LogP contribution in [0, 0.1) is 6.92 Å². The Balaban J connectivity index is 2.10. The second-order valence-electron chi connectivity index (χ2n) is 5.28. The molecule has 0 aliphatic rings. The molecule has 3 aromatic carbocycles.